The van der Waals surface area contributed by atoms with Crippen LogP contribution in [0.4, 0.5) is 13.2 Å². The van der Waals surface area contributed by atoms with Crippen LogP contribution in [0.5, 0.6) is 0 Å². The van der Waals surface area contributed by atoms with Crippen molar-refractivity contribution in [1.82, 2.24) is 28.8 Å². The van der Waals surface area contributed by atoms with Crippen molar-refractivity contribution in [3.63, 3.8) is 0 Å². The minimum Gasteiger partial charge on any atom is -0.365 e. The molecule has 3 aromatic heterocycles. The molecule has 12 heteroatoms. The molecule has 1 fully saturated rings. The Morgan fingerprint density at radius 3 is 2.60 bits per heavy atom. The van der Waals surface area contributed by atoms with E-state index >= 15 is 0 Å². The number of alkyl halides is 3. The van der Waals surface area contributed by atoms with Crippen LogP contribution in [0, 0.1) is 6.92 Å². The first kappa shape index (κ1) is 25.8. The van der Waals surface area contributed by atoms with Crippen molar-refractivity contribution in [1.29, 1.82) is 0 Å². The molecule has 1 atom stereocenters. The molecule has 9 nitrogen and oxygen atoms in total. The van der Waals surface area contributed by atoms with Crippen LogP contribution in [-0.2, 0) is 23.1 Å². The molecule has 0 bridgehead atoms. The van der Waals surface area contributed by atoms with Crippen LogP contribution in [0.3, 0.4) is 0 Å². The lowest BCUT2D eigenvalue weighted by molar-refractivity contribution is -0.236. The van der Waals surface area contributed by atoms with E-state index < -0.39 is 30.4 Å². The second-order valence-electron chi connectivity index (χ2n) is 9.82. The molecule has 0 unspecified atom stereocenters. The molecular weight excluding hydrogens is 525 g/mol. The van der Waals surface area contributed by atoms with Gasteiger partial charge in [0.1, 0.15) is 6.54 Å². The number of carbonyl (C=O) groups excluding carboxylic acids is 1. The summed E-state index contributed by atoms with van der Waals surface area (Å²) in [7, 11) is 1.85. The summed E-state index contributed by atoms with van der Waals surface area (Å²) in [4.78, 5) is 32.3. The van der Waals surface area contributed by atoms with E-state index in [1.807, 2.05) is 44.3 Å². The van der Waals surface area contributed by atoms with Crippen LogP contribution in [-0.4, -0.2) is 66.7 Å². The molecule has 0 aliphatic carbocycles. The van der Waals surface area contributed by atoms with Gasteiger partial charge < -0.3 is 9.64 Å². The highest BCUT2D eigenvalue weighted by molar-refractivity contribution is 5.94. The first-order chi connectivity index (χ1) is 19.1. The summed E-state index contributed by atoms with van der Waals surface area (Å²) in [5, 5.41) is 5.26. The van der Waals surface area contributed by atoms with E-state index in [0.29, 0.717) is 16.7 Å². The van der Waals surface area contributed by atoms with Gasteiger partial charge in [-0.25, -0.2) is 4.79 Å². The predicted molar refractivity (Wildman–Crippen MR) is 142 cm³/mol. The van der Waals surface area contributed by atoms with Crippen LogP contribution in [0.15, 0.2) is 65.8 Å². The van der Waals surface area contributed by atoms with Gasteiger partial charge in [-0.15, -0.1) is 0 Å². The van der Waals surface area contributed by atoms with E-state index in [2.05, 4.69) is 10.1 Å². The fourth-order valence-corrected chi connectivity index (χ4v) is 5.25. The molecule has 1 amide bonds. The monoisotopic (exact) mass is 550 g/mol. The number of pyridine rings is 1. The summed E-state index contributed by atoms with van der Waals surface area (Å²) < 4.78 is 49.0. The van der Waals surface area contributed by atoms with Crippen LogP contribution in [0.1, 0.15) is 5.56 Å². The molecule has 5 aromatic rings. The third-order valence-corrected chi connectivity index (χ3v) is 7.34. The first-order valence-corrected chi connectivity index (χ1v) is 12.7. The predicted octanol–water partition coefficient (Wildman–Crippen LogP) is 3.84. The van der Waals surface area contributed by atoms with E-state index in [1.165, 1.54) is 9.13 Å². The number of amides is 1. The number of halogens is 3. The molecule has 4 heterocycles. The van der Waals surface area contributed by atoms with Gasteiger partial charge in [-0.2, -0.15) is 18.3 Å². The Labute approximate surface area is 226 Å². The zero-order valence-corrected chi connectivity index (χ0v) is 21.7. The number of fused-ring (bicyclic) bond motifs is 2. The van der Waals surface area contributed by atoms with Crippen molar-refractivity contribution in [2.75, 3.05) is 19.7 Å². The van der Waals surface area contributed by atoms with E-state index in [4.69, 9.17) is 4.74 Å². The number of benzene rings is 2. The number of para-hydroxylation sites is 1. The Hall–Kier alpha value is -4.45. The highest BCUT2D eigenvalue weighted by Gasteiger charge is 2.44. The summed E-state index contributed by atoms with van der Waals surface area (Å²) in [5.41, 5.74) is 4.78. The number of morpholine rings is 1. The molecule has 0 saturated carbocycles. The van der Waals surface area contributed by atoms with Crippen molar-refractivity contribution in [3.05, 3.63) is 77.1 Å². The number of imidazole rings is 1. The normalized spacial score (nSPS) is 16.2. The Kier molecular flexibility index (Phi) is 6.21. The number of ether oxygens (including phenoxy) is 1. The number of hydrogen-bond donors (Lipinski definition) is 0. The van der Waals surface area contributed by atoms with Gasteiger partial charge in [-0.3, -0.25) is 23.6 Å². The highest BCUT2D eigenvalue weighted by atomic mass is 19.4. The summed E-state index contributed by atoms with van der Waals surface area (Å²) >= 11 is 0. The SMILES string of the molecule is Cc1cccc2c1n(-c1ccc(-c3cncc4c3cnn4C)cc1)c(=O)n2CC(=O)N1CCO[C@H](C(F)(F)F)C1. The Bertz CT molecular complexity index is 1800. The first-order valence-electron chi connectivity index (χ1n) is 12.7. The zero-order chi connectivity index (χ0) is 28.2. The van der Waals surface area contributed by atoms with Crippen LogP contribution < -0.4 is 5.69 Å². The fraction of sp³-hybridized carbons (Fsp3) is 0.286. The zero-order valence-electron chi connectivity index (χ0n) is 21.7. The number of aromatic nitrogens is 5. The number of nitrogens with zero attached hydrogens (tertiary/aromatic N) is 6. The van der Waals surface area contributed by atoms with Gasteiger partial charge in [0.25, 0.3) is 0 Å². The second kappa shape index (κ2) is 9.63. The van der Waals surface area contributed by atoms with Gasteiger partial charge >= 0.3 is 11.9 Å². The molecule has 1 aliphatic heterocycles. The third kappa shape index (κ3) is 4.34. The summed E-state index contributed by atoms with van der Waals surface area (Å²) in [6, 6.07) is 12.8. The van der Waals surface area contributed by atoms with Gasteiger partial charge in [0, 0.05) is 30.7 Å². The van der Waals surface area contributed by atoms with Crippen molar-refractivity contribution >= 4 is 27.8 Å². The maximum atomic E-state index is 13.7. The third-order valence-electron chi connectivity index (χ3n) is 7.34. The van der Waals surface area contributed by atoms with Crippen LogP contribution in [0.2, 0.25) is 0 Å². The van der Waals surface area contributed by atoms with E-state index in [9.17, 15) is 22.8 Å². The number of hydrogen-bond acceptors (Lipinski definition) is 5. The molecule has 1 saturated heterocycles. The van der Waals surface area contributed by atoms with Crippen LogP contribution >= 0.6 is 0 Å². The quantitative estimate of drug-likeness (QED) is 0.340. The molecule has 40 heavy (non-hydrogen) atoms. The Morgan fingerprint density at radius 2 is 1.85 bits per heavy atom. The molecular formula is C28H25F3N6O3. The second-order valence-corrected chi connectivity index (χ2v) is 9.82. The Morgan fingerprint density at radius 1 is 1.07 bits per heavy atom. The molecule has 0 spiro atoms. The number of aryl methyl sites for hydroxylation is 2. The van der Waals surface area contributed by atoms with Gasteiger partial charge in [0.15, 0.2) is 6.10 Å². The maximum Gasteiger partial charge on any atom is 0.416 e. The van der Waals surface area contributed by atoms with E-state index in [1.54, 1.807) is 35.4 Å². The van der Waals surface area contributed by atoms with Crippen molar-refractivity contribution in [2.24, 2.45) is 7.05 Å². The fourth-order valence-electron chi connectivity index (χ4n) is 5.25. The molecule has 0 N–H and O–H groups in total. The number of carbonyl (C=O) groups is 1. The lowest BCUT2D eigenvalue weighted by Gasteiger charge is -2.33. The maximum absolute atomic E-state index is 13.7. The van der Waals surface area contributed by atoms with Gasteiger partial charge in [0.05, 0.1) is 47.8 Å². The highest BCUT2D eigenvalue weighted by Crippen LogP contribution is 2.29. The molecule has 2 aromatic carbocycles. The van der Waals surface area contributed by atoms with Crippen molar-refractivity contribution in [3.8, 4) is 16.8 Å². The lowest BCUT2D eigenvalue weighted by Crippen LogP contribution is -2.52. The molecule has 1 aliphatic rings. The molecule has 0 radical (unpaired) electrons. The largest absolute Gasteiger partial charge is 0.416 e. The standard InChI is InChI=1S/C28H25F3N6O3/c1-17-4-3-5-22-26(17)37(27(39)36(22)16-25(38)35-10-11-40-24(15-35)28(29,30)31)19-8-6-18(7-9-19)20-12-32-14-23-21(20)13-33-34(23)2/h3-9,12-14,24H,10-11,15-16H2,1-2H3/t24-/m0/s1. The smallest absolute Gasteiger partial charge is 0.365 e. The van der Waals surface area contributed by atoms with Crippen molar-refractivity contribution in [2.45, 2.75) is 25.7 Å². The van der Waals surface area contributed by atoms with Crippen LogP contribution in [0.25, 0.3) is 38.8 Å². The van der Waals surface area contributed by atoms with Crippen molar-refractivity contribution < 1.29 is 22.7 Å². The lowest BCUT2D eigenvalue weighted by atomic mass is 10.0. The molecule has 206 valence electrons. The number of rotatable bonds is 4. The topological polar surface area (TPSA) is 87.2 Å². The van der Waals surface area contributed by atoms with Gasteiger partial charge in [-0.05, 0) is 36.2 Å². The minimum atomic E-state index is -4.58. The van der Waals surface area contributed by atoms with Gasteiger partial charge in [0.2, 0.25) is 5.91 Å². The summed E-state index contributed by atoms with van der Waals surface area (Å²) in [5.74, 6) is -0.576. The summed E-state index contributed by atoms with van der Waals surface area (Å²) in [6.07, 6.45) is -1.32. The average molecular weight is 551 g/mol. The van der Waals surface area contributed by atoms with E-state index in [-0.39, 0.29) is 19.7 Å². The van der Waals surface area contributed by atoms with E-state index in [0.717, 1.165) is 32.5 Å². The summed E-state index contributed by atoms with van der Waals surface area (Å²) in [6.45, 7) is 0.680. The average Bonchev–Trinajstić information content (AvgIpc) is 3.46. The van der Waals surface area contributed by atoms with Gasteiger partial charge in [-0.1, -0.05) is 24.3 Å². The molecule has 6 rings (SSSR count). The minimum absolute atomic E-state index is 0.0256. The Balaban J connectivity index is 1.37.